The molecule has 1 N–H and O–H groups in total. The van der Waals surface area contributed by atoms with E-state index in [0.717, 1.165) is 16.5 Å². The first-order valence-electron chi connectivity index (χ1n) is 13.4. The summed E-state index contributed by atoms with van der Waals surface area (Å²) in [5.41, 5.74) is 1.14. The van der Waals surface area contributed by atoms with Gasteiger partial charge in [0.05, 0.1) is 6.67 Å². The Morgan fingerprint density at radius 3 is 2.23 bits per heavy atom. The topological polar surface area (TPSA) is 73.0 Å². The summed E-state index contributed by atoms with van der Waals surface area (Å²) >= 11 is 0. The Balaban J connectivity index is 1.20. The first-order valence-corrected chi connectivity index (χ1v) is 13.4. The predicted molar refractivity (Wildman–Crippen MR) is 152 cm³/mol. The molecular weight excluding hydrogens is 507 g/mol. The minimum absolute atomic E-state index is 0.0483. The number of likely N-dealkylation sites (tertiary alicyclic amines) is 1. The third kappa shape index (κ3) is 4.77. The molecule has 6 rings (SSSR count). The molecule has 0 radical (unpaired) electrons. The summed E-state index contributed by atoms with van der Waals surface area (Å²) in [5.74, 6) is -0.913. The maximum absolute atomic E-state index is 13.9. The highest BCUT2D eigenvalue weighted by molar-refractivity contribution is 6.01. The van der Waals surface area contributed by atoms with E-state index in [2.05, 4.69) is 10.2 Å². The lowest BCUT2D eigenvalue weighted by molar-refractivity contribution is -0.136. The highest BCUT2D eigenvalue weighted by Gasteiger charge is 2.54. The van der Waals surface area contributed by atoms with Crippen molar-refractivity contribution in [2.75, 3.05) is 36.5 Å². The second kappa shape index (κ2) is 10.4. The zero-order valence-corrected chi connectivity index (χ0v) is 21.9. The summed E-state index contributed by atoms with van der Waals surface area (Å²) in [5, 5.41) is 4.84. The number of benzene rings is 4. The monoisotopic (exact) mass is 536 g/mol. The molecule has 7 nitrogen and oxygen atoms in total. The lowest BCUT2D eigenvalue weighted by atomic mass is 9.85. The molecule has 202 valence electrons. The first kappa shape index (κ1) is 25.6. The van der Waals surface area contributed by atoms with Crippen LogP contribution in [0.15, 0.2) is 97.1 Å². The van der Waals surface area contributed by atoms with Crippen LogP contribution < -0.4 is 10.2 Å². The maximum Gasteiger partial charge on any atom is 0.253 e. The second-order valence-electron chi connectivity index (χ2n) is 10.3. The third-order valence-electron chi connectivity index (χ3n) is 7.92. The lowest BCUT2D eigenvalue weighted by Crippen LogP contribution is -2.57. The van der Waals surface area contributed by atoms with Crippen LogP contribution in [0.5, 0.6) is 0 Å². The van der Waals surface area contributed by atoms with Crippen LogP contribution in [0, 0.1) is 5.82 Å². The van der Waals surface area contributed by atoms with Crippen molar-refractivity contribution >= 4 is 39.9 Å². The van der Waals surface area contributed by atoms with Crippen LogP contribution in [0.3, 0.4) is 0 Å². The van der Waals surface area contributed by atoms with Crippen molar-refractivity contribution in [2.24, 2.45) is 0 Å². The molecule has 0 saturated carbocycles. The van der Waals surface area contributed by atoms with Crippen LogP contribution in [0.4, 0.5) is 15.8 Å². The quantitative estimate of drug-likeness (QED) is 0.394. The molecule has 0 aromatic heterocycles. The van der Waals surface area contributed by atoms with Crippen LogP contribution >= 0.6 is 0 Å². The van der Waals surface area contributed by atoms with Crippen molar-refractivity contribution in [3.8, 4) is 0 Å². The number of amides is 3. The van der Waals surface area contributed by atoms with Gasteiger partial charge >= 0.3 is 0 Å². The molecule has 2 aliphatic heterocycles. The van der Waals surface area contributed by atoms with Gasteiger partial charge in [0.25, 0.3) is 11.8 Å². The van der Waals surface area contributed by atoms with E-state index in [1.54, 1.807) is 4.90 Å². The van der Waals surface area contributed by atoms with E-state index in [-0.39, 0.29) is 30.9 Å². The summed E-state index contributed by atoms with van der Waals surface area (Å²) < 4.78 is 13.3. The number of nitrogens with one attached hydrogen (secondary N) is 1. The number of carbonyl (C=O) groups excluding carboxylic acids is 3. The Kier molecular flexibility index (Phi) is 6.67. The summed E-state index contributed by atoms with van der Waals surface area (Å²) in [6.45, 7) is 0.992. The van der Waals surface area contributed by atoms with Crippen molar-refractivity contribution in [3.63, 3.8) is 0 Å². The van der Waals surface area contributed by atoms with E-state index < -0.39 is 11.4 Å². The van der Waals surface area contributed by atoms with Crippen LogP contribution in [0.25, 0.3) is 10.8 Å². The van der Waals surface area contributed by atoms with Gasteiger partial charge in [0, 0.05) is 30.0 Å². The molecule has 2 fully saturated rings. The Labute approximate surface area is 231 Å². The Hall–Kier alpha value is -4.72. The van der Waals surface area contributed by atoms with E-state index in [4.69, 9.17) is 0 Å². The number of hydrogen-bond donors (Lipinski definition) is 1. The van der Waals surface area contributed by atoms with Crippen LogP contribution in [0.2, 0.25) is 0 Å². The van der Waals surface area contributed by atoms with Gasteiger partial charge in [0.15, 0.2) is 0 Å². The molecule has 4 aromatic rings. The van der Waals surface area contributed by atoms with Crippen LogP contribution in [-0.2, 0) is 9.59 Å². The van der Waals surface area contributed by atoms with Crippen LogP contribution in [-0.4, -0.2) is 59.4 Å². The van der Waals surface area contributed by atoms with Gasteiger partial charge < -0.3 is 20.0 Å². The number of para-hydroxylation sites is 1. The maximum atomic E-state index is 13.9. The molecule has 0 aliphatic carbocycles. The minimum Gasteiger partial charge on any atom is -0.339 e. The van der Waals surface area contributed by atoms with Gasteiger partial charge in [-0.2, -0.15) is 0 Å². The average Bonchev–Trinajstić information content (AvgIpc) is 3.24. The number of hydrogen-bond acceptors (Lipinski definition) is 4. The van der Waals surface area contributed by atoms with Crippen molar-refractivity contribution in [2.45, 2.75) is 18.4 Å². The molecule has 4 aromatic carbocycles. The van der Waals surface area contributed by atoms with Crippen LogP contribution in [0.1, 0.15) is 23.2 Å². The zero-order valence-electron chi connectivity index (χ0n) is 21.9. The average molecular weight is 537 g/mol. The molecule has 0 unspecified atom stereocenters. The summed E-state index contributed by atoms with van der Waals surface area (Å²) in [7, 11) is 0. The lowest BCUT2D eigenvalue weighted by Gasteiger charge is -2.43. The molecule has 1 spiro atoms. The van der Waals surface area contributed by atoms with Crippen molar-refractivity contribution in [1.29, 1.82) is 0 Å². The fraction of sp³-hybridized carbons (Fsp3) is 0.219. The fourth-order valence-corrected chi connectivity index (χ4v) is 5.81. The normalized spacial score (nSPS) is 16.5. The molecule has 2 aliphatic rings. The summed E-state index contributed by atoms with van der Waals surface area (Å²) in [6, 6.07) is 28.9. The zero-order chi connectivity index (χ0) is 27.7. The second-order valence-corrected chi connectivity index (χ2v) is 10.3. The van der Waals surface area contributed by atoms with Crippen molar-refractivity contribution in [3.05, 3.63) is 108 Å². The number of halogens is 1. The van der Waals surface area contributed by atoms with Crippen molar-refractivity contribution < 1.29 is 18.8 Å². The van der Waals surface area contributed by atoms with Gasteiger partial charge in [0.1, 0.15) is 17.9 Å². The third-order valence-corrected chi connectivity index (χ3v) is 7.92. The number of rotatable bonds is 5. The van der Waals surface area contributed by atoms with Gasteiger partial charge in [0.2, 0.25) is 5.91 Å². The molecule has 0 bridgehead atoms. The Morgan fingerprint density at radius 1 is 0.825 bits per heavy atom. The number of carbonyl (C=O) groups is 3. The largest absolute Gasteiger partial charge is 0.339 e. The van der Waals surface area contributed by atoms with E-state index in [1.807, 2.05) is 77.7 Å². The van der Waals surface area contributed by atoms with Gasteiger partial charge in [-0.25, -0.2) is 4.39 Å². The summed E-state index contributed by atoms with van der Waals surface area (Å²) in [6.07, 6.45) is 0.909. The minimum atomic E-state index is -0.850. The molecule has 40 heavy (non-hydrogen) atoms. The Morgan fingerprint density at radius 2 is 1.50 bits per heavy atom. The number of fused-ring (bicyclic) bond motifs is 1. The molecule has 2 heterocycles. The highest BCUT2D eigenvalue weighted by atomic mass is 19.1. The summed E-state index contributed by atoms with van der Waals surface area (Å²) in [4.78, 5) is 45.6. The van der Waals surface area contributed by atoms with E-state index >= 15 is 0 Å². The predicted octanol–water partition coefficient (Wildman–Crippen LogP) is 4.90. The molecule has 3 amide bonds. The number of anilines is 2. The van der Waals surface area contributed by atoms with Gasteiger partial charge in [-0.1, -0.05) is 48.5 Å². The standard InChI is InChI=1S/C32H29FN4O3/c33-26-12-14-27(15-13-26)34-29(38)21-36-22-37(28-8-2-1-3-9-28)32(31(36)40)16-18-35(19-17-32)30(39)25-11-10-23-6-4-5-7-24(23)20-25/h1-15,20H,16-19,21-22H2,(H,34,38). The smallest absolute Gasteiger partial charge is 0.253 e. The van der Waals surface area contributed by atoms with Gasteiger partial charge in [-0.15, -0.1) is 0 Å². The fourth-order valence-electron chi connectivity index (χ4n) is 5.81. The van der Waals surface area contributed by atoms with E-state index in [9.17, 15) is 18.8 Å². The van der Waals surface area contributed by atoms with Gasteiger partial charge in [-0.3, -0.25) is 14.4 Å². The van der Waals surface area contributed by atoms with Crippen molar-refractivity contribution in [1.82, 2.24) is 9.80 Å². The van der Waals surface area contributed by atoms with E-state index in [0.29, 0.717) is 37.2 Å². The first-order chi connectivity index (χ1) is 19.4. The van der Waals surface area contributed by atoms with Gasteiger partial charge in [-0.05, 0) is 72.1 Å². The number of piperidine rings is 1. The molecular formula is C32H29FN4O3. The molecule has 0 atom stereocenters. The molecule has 8 heteroatoms. The molecule has 2 saturated heterocycles. The Bertz CT molecular complexity index is 1570. The highest BCUT2D eigenvalue weighted by Crippen LogP contribution is 2.39. The van der Waals surface area contributed by atoms with E-state index in [1.165, 1.54) is 24.3 Å². The SMILES string of the molecule is O=C(CN1CN(c2ccccc2)C2(CCN(C(=O)c3ccc4ccccc4c3)CC2)C1=O)Nc1ccc(F)cc1. The number of nitrogens with zero attached hydrogens (tertiary/aromatic N) is 3.